The molecule has 1 aliphatic rings. The topological polar surface area (TPSA) is 114 Å². The first-order valence-corrected chi connectivity index (χ1v) is 12.9. The number of amides is 2. The molecule has 2 atom stereocenters. The van der Waals surface area contributed by atoms with Gasteiger partial charge >= 0.3 is 12.3 Å². The summed E-state index contributed by atoms with van der Waals surface area (Å²) in [4.78, 5) is 23.4. The van der Waals surface area contributed by atoms with E-state index >= 15 is 0 Å². The zero-order valence-corrected chi connectivity index (χ0v) is 22.1. The molecule has 0 saturated heterocycles. The summed E-state index contributed by atoms with van der Waals surface area (Å²) in [5, 5.41) is 4.33. The number of hydrogen-bond donors (Lipinski definition) is 2. The Labute approximate surface area is 221 Å². The summed E-state index contributed by atoms with van der Waals surface area (Å²) in [5.41, 5.74) is -2.97. The summed E-state index contributed by atoms with van der Waals surface area (Å²) in [6.45, 7) is 3.91. The molecule has 3 rings (SSSR count). The van der Waals surface area contributed by atoms with Crippen LogP contribution in [0.2, 0.25) is 5.02 Å². The third-order valence-corrected chi connectivity index (χ3v) is 7.66. The number of sulfonamides is 1. The molecule has 15 heteroatoms. The van der Waals surface area contributed by atoms with Gasteiger partial charge in [-0.15, -0.1) is 0 Å². The summed E-state index contributed by atoms with van der Waals surface area (Å²) in [5.74, 6) is -1.19. The zero-order valence-electron chi connectivity index (χ0n) is 20.5. The molecule has 9 nitrogen and oxygen atoms in total. The van der Waals surface area contributed by atoms with Crippen LogP contribution in [0.15, 0.2) is 41.3 Å². The van der Waals surface area contributed by atoms with Crippen molar-refractivity contribution in [3.63, 3.8) is 0 Å². The third kappa shape index (κ3) is 6.23. The fourth-order valence-corrected chi connectivity index (χ4v) is 5.20. The minimum Gasteiger partial charge on any atom is -0.484 e. The lowest BCUT2D eigenvalue weighted by molar-refractivity contribution is -0.242. The zero-order chi connectivity index (χ0) is 28.6. The van der Waals surface area contributed by atoms with Crippen molar-refractivity contribution < 1.29 is 45.0 Å². The second-order valence-electron chi connectivity index (χ2n) is 8.96. The highest BCUT2D eigenvalue weighted by Gasteiger charge is 2.51. The minimum atomic E-state index is -4.84. The van der Waals surface area contributed by atoms with E-state index in [1.165, 1.54) is 25.1 Å². The van der Waals surface area contributed by atoms with E-state index in [4.69, 9.17) is 16.3 Å². The van der Waals surface area contributed by atoms with Crippen molar-refractivity contribution in [3.05, 3.63) is 47.2 Å². The van der Waals surface area contributed by atoms with Gasteiger partial charge in [-0.3, -0.25) is 14.4 Å². The summed E-state index contributed by atoms with van der Waals surface area (Å²) < 4.78 is 91.4. The predicted octanol–water partition coefficient (Wildman–Crippen LogP) is 4.85. The molecule has 2 N–H and O–H groups in total. The van der Waals surface area contributed by atoms with Crippen LogP contribution >= 0.6 is 11.6 Å². The largest absolute Gasteiger partial charge is 0.484 e. The molecule has 2 aromatic rings. The van der Waals surface area contributed by atoms with E-state index in [9.17, 15) is 35.6 Å². The van der Waals surface area contributed by atoms with E-state index in [-0.39, 0.29) is 34.5 Å². The highest BCUT2D eigenvalue weighted by atomic mass is 35.5. The fourth-order valence-electron chi connectivity index (χ4n) is 3.45. The highest BCUT2D eigenvalue weighted by Crippen LogP contribution is 2.40. The standard InChI is InChI=1S/C23H24ClF4N3O6S/c1-12(29-13(2)32)20-11-31(38(34,35)15-6-7-17(25)16(24)10-15)18-9-14(5-8-19(18)36-20)30-21(33)37-22(3,4)23(26,27)28/h5-10,12,20H,11H2,1-4H3,(H,29,32)(H,30,33)/t12-,20?/m1/s1. The Kier molecular flexibility index (Phi) is 8.08. The monoisotopic (exact) mass is 581 g/mol. The maximum Gasteiger partial charge on any atom is 0.427 e. The number of anilines is 2. The number of carbonyl (C=O) groups is 2. The van der Waals surface area contributed by atoms with E-state index in [0.717, 1.165) is 22.5 Å². The molecule has 0 radical (unpaired) electrons. The molecule has 1 heterocycles. The van der Waals surface area contributed by atoms with Gasteiger partial charge in [0.1, 0.15) is 17.7 Å². The molecule has 0 saturated carbocycles. The fraction of sp³-hybridized carbons (Fsp3) is 0.391. The summed E-state index contributed by atoms with van der Waals surface area (Å²) in [6.07, 6.45) is -7.14. The van der Waals surface area contributed by atoms with Crippen LogP contribution in [-0.2, 0) is 19.6 Å². The van der Waals surface area contributed by atoms with Crippen LogP contribution in [0.4, 0.5) is 33.7 Å². The maximum atomic E-state index is 13.7. The van der Waals surface area contributed by atoms with E-state index in [0.29, 0.717) is 13.8 Å². The van der Waals surface area contributed by atoms with Gasteiger partial charge in [-0.1, -0.05) is 11.6 Å². The van der Waals surface area contributed by atoms with Crippen molar-refractivity contribution in [2.24, 2.45) is 0 Å². The summed E-state index contributed by atoms with van der Waals surface area (Å²) in [6, 6.07) is 5.90. The molecular formula is C23H24ClF4N3O6S. The smallest absolute Gasteiger partial charge is 0.427 e. The molecular weight excluding hydrogens is 558 g/mol. The van der Waals surface area contributed by atoms with Crippen LogP contribution in [-0.4, -0.2) is 50.9 Å². The second kappa shape index (κ2) is 10.5. The van der Waals surface area contributed by atoms with Crippen molar-refractivity contribution in [2.75, 3.05) is 16.2 Å². The SMILES string of the molecule is CC(=O)N[C@H](C)C1CN(S(=O)(=O)c2ccc(F)c(Cl)c2)c2cc(NC(=O)OC(C)(C)C(F)(F)F)ccc2O1. The van der Waals surface area contributed by atoms with Crippen LogP contribution in [0.1, 0.15) is 27.7 Å². The number of ether oxygens (including phenoxy) is 2. The Bertz CT molecular complexity index is 1350. The van der Waals surface area contributed by atoms with Crippen molar-refractivity contribution in [1.82, 2.24) is 5.32 Å². The van der Waals surface area contributed by atoms with Gasteiger partial charge < -0.3 is 14.8 Å². The molecule has 1 unspecified atom stereocenters. The number of hydrogen-bond acceptors (Lipinski definition) is 6. The number of benzene rings is 2. The number of rotatable bonds is 6. The minimum absolute atomic E-state index is 0.0322. The van der Waals surface area contributed by atoms with Crippen LogP contribution in [0.5, 0.6) is 5.75 Å². The summed E-state index contributed by atoms with van der Waals surface area (Å²) >= 11 is 5.79. The third-order valence-electron chi connectivity index (χ3n) is 5.60. The van der Waals surface area contributed by atoms with Crippen LogP contribution in [0, 0.1) is 5.82 Å². The van der Waals surface area contributed by atoms with Gasteiger partial charge in [0.15, 0.2) is 0 Å². The lowest BCUT2D eigenvalue weighted by Gasteiger charge is -2.38. The Morgan fingerprint density at radius 3 is 2.42 bits per heavy atom. The van der Waals surface area contributed by atoms with Crippen molar-refractivity contribution in [2.45, 2.75) is 56.5 Å². The molecule has 0 spiro atoms. The van der Waals surface area contributed by atoms with Crippen LogP contribution in [0.25, 0.3) is 0 Å². The Hall–Kier alpha value is -3.26. The molecule has 2 amide bonds. The van der Waals surface area contributed by atoms with E-state index < -0.39 is 50.9 Å². The molecule has 38 heavy (non-hydrogen) atoms. The maximum absolute atomic E-state index is 13.7. The molecule has 1 aliphatic heterocycles. The van der Waals surface area contributed by atoms with E-state index in [1.54, 1.807) is 6.92 Å². The number of alkyl halides is 3. The normalized spacial score (nSPS) is 16.7. The molecule has 2 aromatic carbocycles. The first-order chi connectivity index (χ1) is 17.4. The average molecular weight is 582 g/mol. The first-order valence-electron chi connectivity index (χ1n) is 11.0. The molecule has 208 valence electrons. The first kappa shape index (κ1) is 29.3. The molecule has 0 aromatic heterocycles. The molecule has 0 fully saturated rings. The van der Waals surface area contributed by atoms with Gasteiger partial charge in [0.2, 0.25) is 11.5 Å². The Balaban J connectivity index is 2.01. The number of nitrogens with zero attached hydrogens (tertiary/aromatic N) is 1. The van der Waals surface area contributed by atoms with Crippen molar-refractivity contribution in [3.8, 4) is 5.75 Å². The predicted molar refractivity (Wildman–Crippen MR) is 130 cm³/mol. The van der Waals surface area contributed by atoms with Crippen molar-refractivity contribution >= 4 is 45.0 Å². The van der Waals surface area contributed by atoms with Gasteiger partial charge in [0.05, 0.1) is 28.2 Å². The Morgan fingerprint density at radius 1 is 1.18 bits per heavy atom. The van der Waals surface area contributed by atoms with Crippen LogP contribution < -0.4 is 19.7 Å². The van der Waals surface area contributed by atoms with Gasteiger partial charge in [-0.05, 0) is 57.2 Å². The summed E-state index contributed by atoms with van der Waals surface area (Å²) in [7, 11) is -4.41. The lowest BCUT2D eigenvalue weighted by atomic mass is 10.1. The number of halogens is 5. The number of fused-ring (bicyclic) bond motifs is 1. The second-order valence-corrected chi connectivity index (χ2v) is 11.2. The van der Waals surface area contributed by atoms with E-state index in [2.05, 4.69) is 15.4 Å². The average Bonchev–Trinajstić information content (AvgIpc) is 2.78. The Morgan fingerprint density at radius 2 is 1.84 bits per heavy atom. The molecule has 0 aliphatic carbocycles. The van der Waals surface area contributed by atoms with E-state index in [1.807, 2.05) is 0 Å². The van der Waals surface area contributed by atoms with Gasteiger partial charge in [-0.2, -0.15) is 13.2 Å². The lowest BCUT2D eigenvalue weighted by Crippen LogP contribution is -2.52. The molecule has 0 bridgehead atoms. The van der Waals surface area contributed by atoms with Gasteiger partial charge in [0.25, 0.3) is 10.0 Å². The number of nitrogens with one attached hydrogen (secondary N) is 2. The quantitative estimate of drug-likeness (QED) is 0.472. The van der Waals surface area contributed by atoms with Crippen molar-refractivity contribution in [1.29, 1.82) is 0 Å². The highest BCUT2D eigenvalue weighted by molar-refractivity contribution is 7.92. The van der Waals surface area contributed by atoms with Gasteiger partial charge in [-0.25, -0.2) is 17.6 Å². The van der Waals surface area contributed by atoms with Crippen LogP contribution in [0.3, 0.4) is 0 Å². The number of carbonyl (C=O) groups excluding carboxylic acids is 2. The van der Waals surface area contributed by atoms with Gasteiger partial charge in [0, 0.05) is 12.6 Å².